The van der Waals surface area contributed by atoms with Gasteiger partial charge in [-0.05, 0) is 52.5 Å². The molecule has 0 amide bonds. The molecular formula is C18H20BrClO. The van der Waals surface area contributed by atoms with E-state index in [1.54, 1.807) is 0 Å². The number of hydrogen-bond donors (Lipinski definition) is 0. The zero-order valence-corrected chi connectivity index (χ0v) is 14.7. The molecule has 0 saturated heterocycles. The van der Waals surface area contributed by atoms with Gasteiger partial charge in [-0.15, -0.1) is 11.6 Å². The van der Waals surface area contributed by atoms with Crippen LogP contribution in [0.1, 0.15) is 42.7 Å². The van der Waals surface area contributed by atoms with Crippen molar-refractivity contribution in [3.05, 3.63) is 64.1 Å². The molecular weight excluding hydrogens is 348 g/mol. The average Bonchev–Trinajstić information content (AvgIpc) is 2.51. The minimum Gasteiger partial charge on any atom is -0.493 e. The van der Waals surface area contributed by atoms with E-state index in [4.69, 9.17) is 16.3 Å². The van der Waals surface area contributed by atoms with Crippen molar-refractivity contribution in [2.75, 3.05) is 6.61 Å². The summed E-state index contributed by atoms with van der Waals surface area (Å²) < 4.78 is 6.51. The quantitative estimate of drug-likeness (QED) is 0.543. The molecule has 21 heavy (non-hydrogen) atoms. The highest BCUT2D eigenvalue weighted by molar-refractivity contribution is 9.10. The molecule has 0 radical (unpaired) electrons. The number of benzene rings is 2. The third-order valence-corrected chi connectivity index (χ3v) is 4.77. The lowest BCUT2D eigenvalue weighted by molar-refractivity contribution is 0.338. The first-order chi connectivity index (χ1) is 10.2. The summed E-state index contributed by atoms with van der Waals surface area (Å²) in [5.74, 6) is 1.16. The van der Waals surface area contributed by atoms with Crippen molar-refractivity contribution in [1.82, 2.24) is 0 Å². The van der Waals surface area contributed by atoms with Crippen molar-refractivity contribution in [3.8, 4) is 5.75 Å². The molecule has 0 fully saturated rings. The molecule has 0 spiro atoms. The number of ether oxygens (including phenoxy) is 1. The normalized spacial score (nSPS) is 13.7. The molecule has 2 aromatic carbocycles. The Morgan fingerprint density at radius 1 is 1.05 bits per heavy atom. The van der Waals surface area contributed by atoms with Gasteiger partial charge in [0, 0.05) is 5.92 Å². The standard InChI is InChI=1S/C18H20BrClO/c1-3-15(13-8-6-5-7-9-13)18(20)14-10-11-17(21-4-2)16(19)12-14/h5-12,15,18H,3-4H2,1-2H3. The summed E-state index contributed by atoms with van der Waals surface area (Å²) in [5, 5.41) is -0.0515. The topological polar surface area (TPSA) is 9.23 Å². The molecule has 0 aromatic heterocycles. The molecule has 0 bridgehead atoms. The molecule has 2 unspecified atom stereocenters. The van der Waals surface area contributed by atoms with Crippen LogP contribution in [0.25, 0.3) is 0 Å². The maximum Gasteiger partial charge on any atom is 0.133 e. The van der Waals surface area contributed by atoms with Crippen molar-refractivity contribution >= 4 is 27.5 Å². The van der Waals surface area contributed by atoms with E-state index in [-0.39, 0.29) is 5.38 Å². The zero-order chi connectivity index (χ0) is 15.2. The van der Waals surface area contributed by atoms with Crippen LogP contribution < -0.4 is 4.74 Å². The van der Waals surface area contributed by atoms with E-state index in [1.165, 1.54) is 5.56 Å². The van der Waals surface area contributed by atoms with Crippen molar-refractivity contribution in [2.45, 2.75) is 31.6 Å². The van der Waals surface area contributed by atoms with Gasteiger partial charge in [-0.2, -0.15) is 0 Å². The first-order valence-electron chi connectivity index (χ1n) is 7.28. The van der Waals surface area contributed by atoms with Crippen molar-refractivity contribution in [1.29, 1.82) is 0 Å². The van der Waals surface area contributed by atoms with Crippen LogP contribution in [-0.2, 0) is 0 Å². The van der Waals surface area contributed by atoms with Crippen LogP contribution in [0.4, 0.5) is 0 Å². The fraction of sp³-hybridized carbons (Fsp3) is 0.333. The van der Waals surface area contributed by atoms with Crippen LogP contribution in [0.3, 0.4) is 0 Å². The molecule has 3 heteroatoms. The van der Waals surface area contributed by atoms with Gasteiger partial charge in [-0.25, -0.2) is 0 Å². The zero-order valence-electron chi connectivity index (χ0n) is 12.4. The molecule has 0 aliphatic heterocycles. The summed E-state index contributed by atoms with van der Waals surface area (Å²) in [6.45, 7) is 4.81. The second-order valence-electron chi connectivity index (χ2n) is 4.95. The summed E-state index contributed by atoms with van der Waals surface area (Å²) in [4.78, 5) is 0. The van der Waals surface area contributed by atoms with Crippen molar-refractivity contribution < 1.29 is 4.74 Å². The number of halogens is 2. The van der Waals surface area contributed by atoms with Gasteiger partial charge in [-0.3, -0.25) is 0 Å². The Hall–Kier alpha value is -0.990. The molecule has 2 atom stereocenters. The Labute approximate surface area is 140 Å². The number of hydrogen-bond acceptors (Lipinski definition) is 1. The predicted molar refractivity (Wildman–Crippen MR) is 93.4 cm³/mol. The molecule has 0 aliphatic carbocycles. The molecule has 2 aromatic rings. The molecule has 0 aliphatic rings. The van der Waals surface area contributed by atoms with Crippen LogP contribution in [0.2, 0.25) is 0 Å². The number of rotatable bonds is 6. The maximum atomic E-state index is 6.75. The molecule has 2 rings (SSSR count). The van der Waals surface area contributed by atoms with Gasteiger partial charge in [0.15, 0.2) is 0 Å². The molecule has 0 saturated carbocycles. The Bertz CT molecular complexity index is 571. The largest absolute Gasteiger partial charge is 0.493 e. The third-order valence-electron chi connectivity index (χ3n) is 3.60. The summed E-state index contributed by atoms with van der Waals surface area (Å²) >= 11 is 10.3. The second-order valence-corrected chi connectivity index (χ2v) is 6.27. The van der Waals surface area contributed by atoms with Crippen LogP contribution in [0, 0.1) is 0 Å². The average molecular weight is 368 g/mol. The minimum absolute atomic E-state index is 0.0515. The van der Waals surface area contributed by atoms with Crippen LogP contribution >= 0.6 is 27.5 Å². The van der Waals surface area contributed by atoms with E-state index < -0.39 is 0 Å². The fourth-order valence-electron chi connectivity index (χ4n) is 2.51. The Morgan fingerprint density at radius 2 is 1.76 bits per heavy atom. The van der Waals surface area contributed by atoms with Gasteiger partial charge in [-0.1, -0.05) is 43.3 Å². The first kappa shape index (κ1) is 16.4. The van der Waals surface area contributed by atoms with Gasteiger partial charge in [0.05, 0.1) is 16.5 Å². The Balaban J connectivity index is 2.25. The fourth-order valence-corrected chi connectivity index (χ4v) is 3.48. The van der Waals surface area contributed by atoms with Crippen LogP contribution in [0.5, 0.6) is 5.75 Å². The predicted octanol–water partition coefficient (Wildman–Crippen LogP) is 6.32. The molecule has 1 nitrogen and oxygen atoms in total. The van der Waals surface area contributed by atoms with Gasteiger partial charge in [0.25, 0.3) is 0 Å². The van der Waals surface area contributed by atoms with Gasteiger partial charge >= 0.3 is 0 Å². The van der Waals surface area contributed by atoms with Gasteiger partial charge < -0.3 is 4.74 Å². The van der Waals surface area contributed by atoms with Crippen LogP contribution in [-0.4, -0.2) is 6.61 Å². The van der Waals surface area contributed by atoms with E-state index >= 15 is 0 Å². The summed E-state index contributed by atoms with van der Waals surface area (Å²) in [5.41, 5.74) is 2.40. The maximum absolute atomic E-state index is 6.75. The lowest BCUT2D eigenvalue weighted by atomic mass is 9.89. The Kier molecular flexibility index (Phi) is 6.13. The number of alkyl halides is 1. The van der Waals surface area contributed by atoms with E-state index in [2.05, 4.69) is 59.3 Å². The summed E-state index contributed by atoms with van der Waals surface area (Å²) in [6.07, 6.45) is 1.00. The summed E-state index contributed by atoms with van der Waals surface area (Å²) in [7, 11) is 0. The van der Waals surface area contributed by atoms with Gasteiger partial charge in [0.1, 0.15) is 5.75 Å². The molecule has 0 heterocycles. The SMILES string of the molecule is CCOc1ccc(C(Cl)C(CC)c2ccccc2)cc1Br. The van der Waals surface area contributed by atoms with E-state index in [0.717, 1.165) is 22.2 Å². The summed E-state index contributed by atoms with van der Waals surface area (Å²) in [6, 6.07) is 16.6. The molecule has 112 valence electrons. The van der Waals surface area contributed by atoms with Crippen LogP contribution in [0.15, 0.2) is 53.0 Å². The second kappa shape index (κ2) is 7.86. The van der Waals surface area contributed by atoms with E-state index in [0.29, 0.717) is 12.5 Å². The Morgan fingerprint density at radius 3 is 2.33 bits per heavy atom. The van der Waals surface area contributed by atoms with E-state index in [1.807, 2.05) is 19.1 Å². The van der Waals surface area contributed by atoms with E-state index in [9.17, 15) is 0 Å². The molecule has 0 N–H and O–H groups in total. The highest BCUT2D eigenvalue weighted by atomic mass is 79.9. The monoisotopic (exact) mass is 366 g/mol. The van der Waals surface area contributed by atoms with Gasteiger partial charge in [0.2, 0.25) is 0 Å². The minimum atomic E-state index is -0.0515. The smallest absolute Gasteiger partial charge is 0.133 e. The van der Waals surface area contributed by atoms with Crippen molar-refractivity contribution in [2.24, 2.45) is 0 Å². The highest BCUT2D eigenvalue weighted by Gasteiger charge is 2.21. The lowest BCUT2D eigenvalue weighted by Gasteiger charge is -2.22. The third kappa shape index (κ3) is 4.02. The highest BCUT2D eigenvalue weighted by Crippen LogP contribution is 2.40. The first-order valence-corrected chi connectivity index (χ1v) is 8.51. The lowest BCUT2D eigenvalue weighted by Crippen LogP contribution is -2.06. The van der Waals surface area contributed by atoms with Crippen molar-refractivity contribution in [3.63, 3.8) is 0 Å².